The molecule has 0 saturated heterocycles. The molecule has 0 atom stereocenters. The number of hydrogen-bond acceptors (Lipinski definition) is 2. The van der Waals surface area contributed by atoms with E-state index in [4.69, 9.17) is 16.7 Å². The first-order chi connectivity index (χ1) is 9.08. The molecule has 6 heteroatoms. The van der Waals surface area contributed by atoms with Crippen LogP contribution in [-0.4, -0.2) is 28.2 Å². The van der Waals surface area contributed by atoms with Gasteiger partial charge >= 0.3 is 6.09 Å². The molecule has 0 saturated carbocycles. The Hall–Kier alpha value is -2.27. The van der Waals surface area contributed by atoms with Gasteiger partial charge in [-0.2, -0.15) is 0 Å². The Labute approximate surface area is 113 Å². The van der Waals surface area contributed by atoms with E-state index in [1.54, 1.807) is 18.3 Å². The van der Waals surface area contributed by atoms with Gasteiger partial charge in [-0.15, -0.1) is 0 Å². The van der Waals surface area contributed by atoms with Gasteiger partial charge in [0, 0.05) is 29.0 Å². The maximum absolute atomic E-state index is 11.1. The third kappa shape index (κ3) is 1.79. The zero-order valence-electron chi connectivity index (χ0n) is 10.0. The highest BCUT2D eigenvalue weighted by Crippen LogP contribution is 2.34. The van der Waals surface area contributed by atoms with E-state index in [1.165, 1.54) is 7.05 Å². The lowest BCUT2D eigenvalue weighted by Crippen LogP contribution is -2.24. The Balaban J connectivity index is 2.42. The first kappa shape index (κ1) is 11.8. The maximum Gasteiger partial charge on any atom is 0.411 e. The number of H-pyrrole nitrogens is 1. The molecule has 1 aromatic carbocycles. The lowest BCUT2D eigenvalue weighted by atomic mass is 10.1. The highest BCUT2D eigenvalue weighted by molar-refractivity contribution is 6.32. The van der Waals surface area contributed by atoms with Crippen molar-refractivity contribution >= 4 is 45.3 Å². The van der Waals surface area contributed by atoms with Crippen LogP contribution in [0.1, 0.15) is 0 Å². The van der Waals surface area contributed by atoms with Crippen LogP contribution in [0.5, 0.6) is 0 Å². The van der Waals surface area contributed by atoms with Crippen molar-refractivity contribution in [2.75, 3.05) is 11.9 Å². The van der Waals surface area contributed by atoms with Crippen LogP contribution < -0.4 is 4.90 Å². The summed E-state index contributed by atoms with van der Waals surface area (Å²) in [6.45, 7) is 0. The lowest BCUT2D eigenvalue weighted by molar-refractivity contribution is 0.203. The number of aromatic nitrogens is 2. The van der Waals surface area contributed by atoms with Gasteiger partial charge in [0.1, 0.15) is 5.65 Å². The van der Waals surface area contributed by atoms with Gasteiger partial charge in [-0.05, 0) is 24.3 Å². The molecule has 3 rings (SSSR count). The van der Waals surface area contributed by atoms with Crippen molar-refractivity contribution in [1.29, 1.82) is 0 Å². The summed E-state index contributed by atoms with van der Waals surface area (Å²) in [6.07, 6.45) is 0.634. The van der Waals surface area contributed by atoms with Crippen LogP contribution in [0.25, 0.3) is 21.9 Å². The number of rotatable bonds is 1. The number of nitrogens with one attached hydrogen (secondary N) is 1. The number of pyridine rings is 1. The zero-order chi connectivity index (χ0) is 13.6. The number of nitrogens with zero attached hydrogens (tertiary/aromatic N) is 2. The number of halogens is 1. The minimum absolute atomic E-state index is 0.486. The largest absolute Gasteiger partial charge is 0.465 e. The maximum atomic E-state index is 11.1. The molecule has 2 N–H and O–H groups in total. The van der Waals surface area contributed by atoms with Crippen LogP contribution in [-0.2, 0) is 0 Å². The lowest BCUT2D eigenvalue weighted by Gasteiger charge is -2.14. The first-order valence-corrected chi connectivity index (χ1v) is 5.98. The molecule has 3 aromatic rings. The third-order valence-corrected chi connectivity index (χ3v) is 3.29. The van der Waals surface area contributed by atoms with Crippen molar-refractivity contribution < 1.29 is 9.90 Å². The third-order valence-electron chi connectivity index (χ3n) is 3.07. The van der Waals surface area contributed by atoms with Crippen LogP contribution >= 0.6 is 11.6 Å². The fraction of sp³-hybridized carbons (Fsp3) is 0.0769. The molecule has 0 spiro atoms. The van der Waals surface area contributed by atoms with Gasteiger partial charge in [0.15, 0.2) is 0 Å². The summed E-state index contributed by atoms with van der Waals surface area (Å²) >= 11 is 6.08. The Morgan fingerprint density at radius 1 is 1.42 bits per heavy atom. The van der Waals surface area contributed by atoms with E-state index in [1.807, 2.05) is 12.1 Å². The van der Waals surface area contributed by atoms with E-state index in [2.05, 4.69) is 9.97 Å². The average Bonchev–Trinajstić information content (AvgIpc) is 2.75. The number of benzene rings is 1. The molecule has 96 valence electrons. The predicted molar refractivity (Wildman–Crippen MR) is 75.0 cm³/mol. The molecular weight excluding hydrogens is 266 g/mol. The zero-order valence-corrected chi connectivity index (χ0v) is 10.8. The molecule has 1 amide bonds. The van der Waals surface area contributed by atoms with Gasteiger partial charge in [0.05, 0.1) is 11.2 Å². The smallest absolute Gasteiger partial charge is 0.411 e. The summed E-state index contributed by atoms with van der Waals surface area (Å²) in [4.78, 5) is 19.6. The molecule has 0 bridgehead atoms. The quantitative estimate of drug-likeness (QED) is 0.714. The Morgan fingerprint density at radius 2 is 2.21 bits per heavy atom. The van der Waals surface area contributed by atoms with Crippen LogP contribution in [0, 0.1) is 0 Å². The van der Waals surface area contributed by atoms with Crippen LogP contribution in [0.2, 0.25) is 5.02 Å². The monoisotopic (exact) mass is 275 g/mol. The van der Waals surface area contributed by atoms with E-state index in [9.17, 15) is 4.79 Å². The van der Waals surface area contributed by atoms with E-state index in [-0.39, 0.29) is 0 Å². The second-order valence-electron chi connectivity index (χ2n) is 4.21. The van der Waals surface area contributed by atoms with Crippen molar-refractivity contribution in [3.8, 4) is 0 Å². The Bertz CT molecular complexity index is 797. The van der Waals surface area contributed by atoms with Crippen LogP contribution in [0.4, 0.5) is 10.5 Å². The summed E-state index contributed by atoms with van der Waals surface area (Å²) in [7, 11) is 1.48. The summed E-state index contributed by atoms with van der Waals surface area (Å²) in [6, 6.07) is 7.17. The number of carboxylic acid groups (broad SMARTS) is 1. The van der Waals surface area contributed by atoms with Crippen molar-refractivity contribution in [1.82, 2.24) is 9.97 Å². The summed E-state index contributed by atoms with van der Waals surface area (Å²) in [5, 5.41) is 11.4. The minimum Gasteiger partial charge on any atom is -0.465 e. The number of aromatic amines is 1. The summed E-state index contributed by atoms with van der Waals surface area (Å²) in [5.41, 5.74) is 1.93. The Kier molecular flexibility index (Phi) is 2.57. The number of amides is 1. The molecule has 19 heavy (non-hydrogen) atoms. The fourth-order valence-electron chi connectivity index (χ4n) is 2.14. The highest BCUT2D eigenvalue weighted by atomic mass is 35.5. The van der Waals surface area contributed by atoms with Gasteiger partial charge in [-0.25, -0.2) is 9.78 Å². The van der Waals surface area contributed by atoms with E-state index >= 15 is 0 Å². The van der Waals surface area contributed by atoms with E-state index in [0.717, 1.165) is 15.7 Å². The van der Waals surface area contributed by atoms with E-state index < -0.39 is 6.09 Å². The SMILES string of the molecule is CN(C(=O)O)c1cc(Cl)cc2c1[nH]c1ncccc12. The molecule has 2 aromatic heterocycles. The van der Waals surface area contributed by atoms with Gasteiger partial charge in [0.2, 0.25) is 0 Å². The van der Waals surface area contributed by atoms with Crippen LogP contribution in [0.15, 0.2) is 30.5 Å². The number of anilines is 1. The topological polar surface area (TPSA) is 69.2 Å². The van der Waals surface area contributed by atoms with Crippen LogP contribution in [0.3, 0.4) is 0 Å². The number of hydrogen-bond donors (Lipinski definition) is 2. The second kappa shape index (κ2) is 4.13. The number of carbonyl (C=O) groups is 1. The molecular formula is C13H10ClN3O2. The molecule has 5 nitrogen and oxygen atoms in total. The Morgan fingerprint density at radius 3 is 2.95 bits per heavy atom. The normalized spacial score (nSPS) is 11.1. The first-order valence-electron chi connectivity index (χ1n) is 5.60. The fourth-order valence-corrected chi connectivity index (χ4v) is 2.36. The van der Waals surface area contributed by atoms with Crippen molar-refractivity contribution in [2.24, 2.45) is 0 Å². The van der Waals surface area contributed by atoms with Crippen molar-refractivity contribution in [3.05, 3.63) is 35.5 Å². The molecule has 0 radical (unpaired) electrons. The molecule has 0 aliphatic carbocycles. The second-order valence-corrected chi connectivity index (χ2v) is 4.65. The average molecular weight is 276 g/mol. The van der Waals surface area contributed by atoms with Gasteiger partial charge in [0.25, 0.3) is 0 Å². The van der Waals surface area contributed by atoms with E-state index in [0.29, 0.717) is 21.9 Å². The number of fused-ring (bicyclic) bond motifs is 3. The molecule has 2 heterocycles. The minimum atomic E-state index is -1.05. The van der Waals surface area contributed by atoms with Gasteiger partial charge < -0.3 is 10.1 Å². The molecule has 0 aliphatic heterocycles. The predicted octanol–water partition coefficient (Wildman–Crippen LogP) is 3.48. The van der Waals surface area contributed by atoms with Crippen molar-refractivity contribution in [3.63, 3.8) is 0 Å². The standard InChI is InChI=1S/C13H10ClN3O2/c1-17(13(18)19)10-6-7(14)5-9-8-3-2-4-15-12(8)16-11(9)10/h2-6H,1H3,(H,15,16)(H,18,19). The highest BCUT2D eigenvalue weighted by Gasteiger charge is 2.16. The molecule has 0 fully saturated rings. The van der Waals surface area contributed by atoms with Gasteiger partial charge in [-0.3, -0.25) is 4.90 Å². The van der Waals surface area contributed by atoms with Crippen molar-refractivity contribution in [2.45, 2.75) is 0 Å². The molecule has 0 unspecified atom stereocenters. The van der Waals surface area contributed by atoms with Gasteiger partial charge in [-0.1, -0.05) is 11.6 Å². The summed E-state index contributed by atoms with van der Waals surface area (Å²) < 4.78 is 0. The molecule has 0 aliphatic rings. The summed E-state index contributed by atoms with van der Waals surface area (Å²) in [5.74, 6) is 0.